The van der Waals surface area contributed by atoms with Crippen molar-refractivity contribution in [1.29, 1.82) is 0 Å². The Morgan fingerprint density at radius 3 is 2.93 bits per heavy atom. The second kappa shape index (κ2) is 5.79. The molecule has 0 unspecified atom stereocenters. The Balaban J connectivity index is 2.30. The van der Waals surface area contributed by atoms with Crippen LogP contribution in [-0.2, 0) is 16.6 Å². The van der Waals surface area contributed by atoms with Crippen LogP contribution in [0.25, 0.3) is 0 Å². The number of nitrogens with zero attached hydrogens (tertiary/aromatic N) is 2. The Kier molecular flexibility index (Phi) is 4.66. The molecule has 15 heavy (non-hydrogen) atoms. The maximum Gasteiger partial charge on any atom is 0.213 e. The van der Waals surface area contributed by atoms with Gasteiger partial charge in [-0.25, -0.2) is 18.1 Å². The first-order valence-electron chi connectivity index (χ1n) is 4.66. The van der Waals surface area contributed by atoms with Crippen LogP contribution >= 0.6 is 0 Å². The van der Waals surface area contributed by atoms with Gasteiger partial charge in [0.05, 0.1) is 12.3 Å². The van der Waals surface area contributed by atoms with Crippen molar-refractivity contribution in [1.82, 2.24) is 25.2 Å². The van der Waals surface area contributed by atoms with E-state index in [1.807, 2.05) is 6.92 Å². The largest absolute Gasteiger partial charge is 0.316 e. The molecule has 1 aromatic heterocycles. The lowest BCUT2D eigenvalue weighted by molar-refractivity contribution is 0.575. The van der Waals surface area contributed by atoms with E-state index in [0.29, 0.717) is 12.4 Å². The van der Waals surface area contributed by atoms with Crippen molar-refractivity contribution in [2.45, 2.75) is 13.5 Å². The van der Waals surface area contributed by atoms with Crippen LogP contribution in [-0.4, -0.2) is 42.4 Å². The molecule has 1 aromatic rings. The summed E-state index contributed by atoms with van der Waals surface area (Å²) in [6.45, 7) is 3.28. The third-order valence-electron chi connectivity index (χ3n) is 1.72. The van der Waals surface area contributed by atoms with Gasteiger partial charge < -0.3 is 5.32 Å². The van der Waals surface area contributed by atoms with Crippen LogP contribution in [0.5, 0.6) is 0 Å². The topological polar surface area (TPSA) is 99.8 Å². The highest BCUT2D eigenvalue weighted by Crippen LogP contribution is 1.88. The van der Waals surface area contributed by atoms with Crippen LogP contribution in [0.4, 0.5) is 0 Å². The number of aromatic nitrogens is 3. The molecule has 0 spiro atoms. The molecule has 1 heterocycles. The molecule has 7 nitrogen and oxygen atoms in total. The average Bonchev–Trinajstić information content (AvgIpc) is 2.68. The minimum atomic E-state index is -3.23. The van der Waals surface area contributed by atoms with E-state index in [4.69, 9.17) is 0 Å². The van der Waals surface area contributed by atoms with E-state index in [1.165, 1.54) is 6.33 Å². The van der Waals surface area contributed by atoms with Crippen molar-refractivity contribution in [2.24, 2.45) is 0 Å². The molecule has 0 saturated carbocycles. The predicted octanol–water partition coefficient (Wildman–Crippen LogP) is -1.17. The molecular weight excluding hydrogens is 218 g/mol. The van der Waals surface area contributed by atoms with Crippen molar-refractivity contribution in [3.8, 4) is 0 Å². The number of hydrogen-bond acceptors (Lipinski definition) is 5. The smallest absolute Gasteiger partial charge is 0.213 e. The van der Waals surface area contributed by atoms with Crippen LogP contribution in [0.1, 0.15) is 12.7 Å². The van der Waals surface area contributed by atoms with E-state index in [-0.39, 0.29) is 12.3 Å². The molecule has 0 aromatic carbocycles. The molecule has 0 atom stereocenters. The van der Waals surface area contributed by atoms with Gasteiger partial charge in [0.15, 0.2) is 0 Å². The first-order valence-corrected chi connectivity index (χ1v) is 6.31. The summed E-state index contributed by atoms with van der Waals surface area (Å²) in [6.07, 6.45) is 1.34. The maximum absolute atomic E-state index is 11.4. The third kappa shape index (κ3) is 4.86. The number of rotatable bonds is 7. The Labute approximate surface area is 88.7 Å². The van der Waals surface area contributed by atoms with E-state index in [1.54, 1.807) is 0 Å². The van der Waals surface area contributed by atoms with Gasteiger partial charge in [0.1, 0.15) is 12.2 Å². The summed E-state index contributed by atoms with van der Waals surface area (Å²) in [7, 11) is -3.23. The minimum absolute atomic E-state index is 0.0645. The fraction of sp³-hybridized carbons (Fsp3) is 0.714. The normalized spacial score (nSPS) is 11.8. The lowest BCUT2D eigenvalue weighted by Crippen LogP contribution is -2.31. The highest BCUT2D eigenvalue weighted by Gasteiger charge is 2.09. The van der Waals surface area contributed by atoms with Crippen LogP contribution in [0.2, 0.25) is 0 Å². The van der Waals surface area contributed by atoms with Gasteiger partial charge in [0.25, 0.3) is 0 Å². The summed E-state index contributed by atoms with van der Waals surface area (Å²) < 4.78 is 25.2. The van der Waals surface area contributed by atoms with Crippen molar-refractivity contribution < 1.29 is 8.42 Å². The summed E-state index contributed by atoms with van der Waals surface area (Å²) in [5, 5.41) is 9.13. The highest BCUT2D eigenvalue weighted by molar-refractivity contribution is 7.89. The molecule has 0 bridgehead atoms. The number of hydrogen-bond donors (Lipinski definition) is 3. The molecule has 0 fully saturated rings. The molecule has 0 aliphatic rings. The summed E-state index contributed by atoms with van der Waals surface area (Å²) in [6, 6.07) is 0. The van der Waals surface area contributed by atoms with Crippen LogP contribution in [0.15, 0.2) is 6.33 Å². The zero-order valence-electron chi connectivity index (χ0n) is 8.52. The quantitative estimate of drug-likeness (QED) is 0.515. The van der Waals surface area contributed by atoms with Crippen LogP contribution in [0.3, 0.4) is 0 Å². The Morgan fingerprint density at radius 1 is 1.53 bits per heavy atom. The third-order valence-corrected chi connectivity index (χ3v) is 3.05. The Bertz CT molecular complexity index is 361. The van der Waals surface area contributed by atoms with Gasteiger partial charge in [0, 0.05) is 6.54 Å². The molecular formula is C7H15N5O2S. The minimum Gasteiger partial charge on any atom is -0.316 e. The van der Waals surface area contributed by atoms with Crippen LogP contribution < -0.4 is 10.0 Å². The number of aromatic amines is 1. The van der Waals surface area contributed by atoms with Gasteiger partial charge in [-0.3, -0.25) is 5.10 Å². The van der Waals surface area contributed by atoms with E-state index < -0.39 is 10.0 Å². The monoisotopic (exact) mass is 233 g/mol. The molecule has 0 saturated heterocycles. The second-order valence-electron chi connectivity index (χ2n) is 2.93. The Morgan fingerprint density at radius 2 is 2.33 bits per heavy atom. The summed E-state index contributed by atoms with van der Waals surface area (Å²) in [5.41, 5.74) is 0. The van der Waals surface area contributed by atoms with Gasteiger partial charge in [-0.1, -0.05) is 6.92 Å². The first-order chi connectivity index (χ1) is 7.14. The molecule has 86 valence electrons. The summed E-state index contributed by atoms with van der Waals surface area (Å²) >= 11 is 0. The predicted molar refractivity (Wildman–Crippen MR) is 55.6 cm³/mol. The van der Waals surface area contributed by atoms with Crippen molar-refractivity contribution in [3.05, 3.63) is 12.2 Å². The van der Waals surface area contributed by atoms with Gasteiger partial charge in [-0.15, -0.1) is 0 Å². The molecule has 0 amide bonds. The fourth-order valence-electron chi connectivity index (χ4n) is 0.950. The van der Waals surface area contributed by atoms with Gasteiger partial charge in [-0.2, -0.15) is 5.10 Å². The lowest BCUT2D eigenvalue weighted by Gasteiger charge is -2.04. The van der Waals surface area contributed by atoms with E-state index in [2.05, 4.69) is 25.2 Å². The summed E-state index contributed by atoms with van der Waals surface area (Å²) in [5.74, 6) is 0.566. The van der Waals surface area contributed by atoms with Crippen LogP contribution in [0, 0.1) is 0 Å². The average molecular weight is 233 g/mol. The number of nitrogens with one attached hydrogen (secondary N) is 3. The zero-order valence-corrected chi connectivity index (χ0v) is 9.34. The van der Waals surface area contributed by atoms with Crippen molar-refractivity contribution >= 4 is 10.0 Å². The Hall–Kier alpha value is -0.990. The molecule has 0 aliphatic heterocycles. The molecule has 1 rings (SSSR count). The zero-order chi connectivity index (χ0) is 11.1. The molecule has 0 aliphatic carbocycles. The maximum atomic E-state index is 11.4. The highest BCUT2D eigenvalue weighted by atomic mass is 32.2. The second-order valence-corrected chi connectivity index (χ2v) is 4.85. The van der Waals surface area contributed by atoms with Gasteiger partial charge in [0.2, 0.25) is 10.0 Å². The fourth-order valence-corrected chi connectivity index (χ4v) is 1.86. The van der Waals surface area contributed by atoms with E-state index >= 15 is 0 Å². The van der Waals surface area contributed by atoms with Crippen molar-refractivity contribution in [3.63, 3.8) is 0 Å². The number of H-pyrrole nitrogens is 1. The van der Waals surface area contributed by atoms with Gasteiger partial charge >= 0.3 is 0 Å². The van der Waals surface area contributed by atoms with E-state index in [0.717, 1.165) is 6.54 Å². The van der Waals surface area contributed by atoms with Gasteiger partial charge in [-0.05, 0) is 6.54 Å². The molecule has 3 N–H and O–H groups in total. The van der Waals surface area contributed by atoms with E-state index in [9.17, 15) is 8.42 Å². The lowest BCUT2D eigenvalue weighted by atomic mass is 10.6. The number of sulfonamides is 1. The van der Waals surface area contributed by atoms with Crippen molar-refractivity contribution in [2.75, 3.05) is 18.8 Å². The first kappa shape index (κ1) is 12.1. The summed E-state index contributed by atoms with van der Waals surface area (Å²) in [4.78, 5) is 3.81. The molecule has 0 radical (unpaired) electrons. The molecule has 8 heteroatoms. The standard InChI is InChI=1S/C7H15N5O2S/c1-2-8-3-4-15(13,14)11-5-7-9-6-10-12-7/h6,8,11H,2-5H2,1H3,(H,9,10,12). The SMILES string of the molecule is CCNCCS(=O)(=O)NCc1ncn[nH]1.